The summed E-state index contributed by atoms with van der Waals surface area (Å²) in [5.74, 6) is 0.0340. The van der Waals surface area contributed by atoms with Crippen LogP contribution in [0, 0.1) is 51.4 Å². The van der Waals surface area contributed by atoms with Crippen molar-refractivity contribution in [2.75, 3.05) is 6.54 Å². The number of Topliss-reactive ketones (excluding diaryl/α,β-unsaturated/α-hetero) is 1. The minimum absolute atomic E-state index is 0.0472. The summed E-state index contributed by atoms with van der Waals surface area (Å²) in [5.41, 5.74) is -0.631. The fourth-order valence-electron chi connectivity index (χ4n) is 10.2. The Morgan fingerprint density at radius 2 is 1.69 bits per heavy atom. The Morgan fingerprint density at radius 3 is 2.33 bits per heavy atom. The zero-order valence-corrected chi connectivity index (χ0v) is 25.2. The Hall–Kier alpha value is -2.42. The number of hydrogen-bond donors (Lipinski definition) is 2. The molecule has 2 N–H and O–H groups in total. The summed E-state index contributed by atoms with van der Waals surface area (Å²) in [7, 11) is 0. The third kappa shape index (κ3) is 3.67. The third-order valence-corrected chi connectivity index (χ3v) is 12.5. The van der Waals surface area contributed by atoms with E-state index in [2.05, 4.69) is 50.1 Å². The number of allylic oxidation sites excluding steroid dienone is 4. The minimum atomic E-state index is -0.655. The maximum Gasteiger partial charge on any atom is 0.315 e. The average Bonchev–Trinajstić information content (AvgIpc) is 2.84. The van der Waals surface area contributed by atoms with Gasteiger partial charge in [-0.15, -0.1) is 0 Å². The molecule has 0 unspecified atom stereocenters. The molecule has 2 amide bonds. The van der Waals surface area contributed by atoms with Crippen molar-refractivity contribution >= 4 is 17.6 Å². The van der Waals surface area contributed by atoms with E-state index in [1.165, 1.54) is 0 Å². The Bertz CT molecular complexity index is 1240. The molecule has 0 spiro atoms. The number of urea groups is 1. The molecule has 5 aliphatic carbocycles. The van der Waals surface area contributed by atoms with Crippen molar-refractivity contribution in [2.24, 2.45) is 44.8 Å². The number of ketones is 2. The van der Waals surface area contributed by atoms with Crippen LogP contribution in [0.1, 0.15) is 100 Å². The molecule has 6 heteroatoms. The van der Waals surface area contributed by atoms with Crippen molar-refractivity contribution in [3.8, 4) is 0 Å². The molecule has 0 aromatic carbocycles. The maximum absolute atomic E-state index is 14.5. The highest BCUT2D eigenvalue weighted by molar-refractivity contribution is 6.03. The fraction of sp³-hybridized carbons (Fsp3) is 0.758. The topological polar surface area (TPSA) is 79.6 Å². The van der Waals surface area contributed by atoms with Gasteiger partial charge < -0.3 is 15.4 Å². The average molecular weight is 534 g/mol. The molecule has 5 aliphatic rings. The SMILES string of the molecule is [C-]#[N+]C1=C[C@]2(C)C3=CC(=O)[C@@H]4[C@@H]5CC(C)(C)CC[C@]5(NC(=O)NCC)CC[C@@]4(C)[C@]3(C)CC[C@H]2C(C)(C)C1=O. The molecule has 0 saturated heterocycles. The van der Waals surface area contributed by atoms with Crippen molar-refractivity contribution < 1.29 is 14.4 Å². The second kappa shape index (κ2) is 8.54. The molecule has 0 heterocycles. The third-order valence-electron chi connectivity index (χ3n) is 12.5. The molecule has 212 valence electrons. The zero-order chi connectivity index (χ0) is 28.8. The van der Waals surface area contributed by atoms with Gasteiger partial charge in [0.1, 0.15) is 0 Å². The number of carbonyl (C=O) groups is 3. The molecule has 0 aliphatic heterocycles. The van der Waals surface area contributed by atoms with Crippen LogP contribution < -0.4 is 10.6 Å². The Kier molecular flexibility index (Phi) is 6.16. The van der Waals surface area contributed by atoms with Crippen LogP contribution >= 0.6 is 0 Å². The molecular weight excluding hydrogens is 486 g/mol. The first kappa shape index (κ1) is 28.1. The Balaban J connectivity index is 1.66. The summed E-state index contributed by atoms with van der Waals surface area (Å²) in [6.45, 7) is 25.7. The van der Waals surface area contributed by atoms with E-state index in [-0.39, 0.29) is 62.8 Å². The Labute approximate surface area is 234 Å². The molecule has 3 fully saturated rings. The number of fused-ring (bicyclic) bond motifs is 7. The van der Waals surface area contributed by atoms with E-state index >= 15 is 0 Å². The molecule has 0 radical (unpaired) electrons. The van der Waals surface area contributed by atoms with E-state index in [0.717, 1.165) is 50.5 Å². The molecule has 6 nitrogen and oxygen atoms in total. The summed E-state index contributed by atoms with van der Waals surface area (Å²) in [6.07, 6.45) is 10.2. The summed E-state index contributed by atoms with van der Waals surface area (Å²) in [5, 5.41) is 6.35. The van der Waals surface area contributed by atoms with Crippen LogP contribution in [0.5, 0.6) is 0 Å². The summed E-state index contributed by atoms with van der Waals surface area (Å²) in [4.78, 5) is 44.3. The first-order valence-electron chi connectivity index (χ1n) is 15.0. The molecule has 0 aromatic rings. The smallest absolute Gasteiger partial charge is 0.315 e. The van der Waals surface area contributed by atoms with E-state index < -0.39 is 10.8 Å². The van der Waals surface area contributed by atoms with E-state index in [4.69, 9.17) is 6.57 Å². The monoisotopic (exact) mass is 533 g/mol. The van der Waals surface area contributed by atoms with Crippen molar-refractivity contribution in [3.05, 3.63) is 34.8 Å². The largest absolute Gasteiger partial charge is 0.338 e. The van der Waals surface area contributed by atoms with Gasteiger partial charge in [0.05, 0.1) is 6.57 Å². The summed E-state index contributed by atoms with van der Waals surface area (Å²) in [6, 6.07) is -0.129. The first-order chi connectivity index (χ1) is 18.0. The number of carbonyl (C=O) groups excluding carboxylic acids is 3. The maximum atomic E-state index is 14.5. The Morgan fingerprint density at radius 1 is 1.03 bits per heavy atom. The van der Waals surface area contributed by atoms with Gasteiger partial charge in [-0.3, -0.25) is 4.79 Å². The van der Waals surface area contributed by atoms with E-state index in [0.29, 0.717) is 6.54 Å². The quantitative estimate of drug-likeness (QED) is 0.391. The van der Waals surface area contributed by atoms with Crippen LogP contribution in [0.4, 0.5) is 4.79 Å². The van der Waals surface area contributed by atoms with Crippen molar-refractivity contribution in [2.45, 2.75) is 106 Å². The fourth-order valence-corrected chi connectivity index (χ4v) is 10.2. The van der Waals surface area contributed by atoms with E-state index in [1.807, 2.05) is 32.9 Å². The summed E-state index contributed by atoms with van der Waals surface area (Å²) >= 11 is 0. The first-order valence-corrected chi connectivity index (χ1v) is 15.0. The molecule has 39 heavy (non-hydrogen) atoms. The van der Waals surface area contributed by atoms with Gasteiger partial charge in [0.2, 0.25) is 5.70 Å². The van der Waals surface area contributed by atoms with Crippen LogP contribution in [0.25, 0.3) is 4.85 Å². The minimum Gasteiger partial charge on any atom is -0.338 e. The normalized spacial score (nSPS) is 43.8. The predicted octanol–water partition coefficient (Wildman–Crippen LogP) is 6.63. The van der Waals surface area contributed by atoms with Gasteiger partial charge in [0, 0.05) is 28.8 Å². The van der Waals surface area contributed by atoms with Crippen molar-refractivity contribution in [1.29, 1.82) is 0 Å². The lowest BCUT2D eigenvalue weighted by Crippen LogP contribution is -2.70. The van der Waals surface area contributed by atoms with Crippen LogP contribution in [-0.2, 0) is 9.59 Å². The summed E-state index contributed by atoms with van der Waals surface area (Å²) < 4.78 is 0. The number of amides is 2. The molecule has 3 saturated carbocycles. The van der Waals surface area contributed by atoms with Crippen LogP contribution in [0.15, 0.2) is 23.4 Å². The second-order valence-electron chi connectivity index (χ2n) is 15.4. The van der Waals surface area contributed by atoms with E-state index in [9.17, 15) is 14.4 Å². The molecule has 0 bridgehead atoms. The lowest BCUT2D eigenvalue weighted by Gasteiger charge is -2.69. The predicted molar refractivity (Wildman–Crippen MR) is 152 cm³/mol. The number of rotatable bonds is 2. The van der Waals surface area contributed by atoms with Gasteiger partial charge in [-0.25, -0.2) is 9.64 Å². The molecule has 7 atom stereocenters. The van der Waals surface area contributed by atoms with Gasteiger partial charge in [-0.2, -0.15) is 0 Å². The van der Waals surface area contributed by atoms with Crippen LogP contribution in [-0.4, -0.2) is 29.7 Å². The lowest BCUT2D eigenvalue weighted by atomic mass is 9.35. The lowest BCUT2D eigenvalue weighted by molar-refractivity contribution is -0.160. The van der Waals surface area contributed by atoms with Gasteiger partial charge in [0.15, 0.2) is 11.6 Å². The van der Waals surface area contributed by atoms with Gasteiger partial charge in [-0.1, -0.05) is 60.1 Å². The van der Waals surface area contributed by atoms with Gasteiger partial charge in [-0.05, 0) is 86.0 Å². The number of hydrogen-bond acceptors (Lipinski definition) is 3. The van der Waals surface area contributed by atoms with Crippen LogP contribution in [0.2, 0.25) is 0 Å². The standard InChI is InChI=1S/C33H47N3O3/c1-10-35-27(39)36-33-15-13-28(2,3)18-20(33)25-22(37)17-24-30(6)19-21(34-9)26(38)29(4,5)23(30)11-12-31(24,7)32(25,8)14-16-33/h17,19-20,23,25H,10-16,18H2,1-8H3,(H2,35,36,39)/t20-,23-,25-,30-,31+,32+,33-/m0/s1. The van der Waals surface area contributed by atoms with Crippen molar-refractivity contribution in [3.63, 3.8) is 0 Å². The highest BCUT2D eigenvalue weighted by Crippen LogP contribution is 2.73. The number of nitrogens with one attached hydrogen (secondary N) is 2. The highest BCUT2D eigenvalue weighted by Gasteiger charge is 2.70. The molecule has 0 aromatic heterocycles. The second-order valence-corrected chi connectivity index (χ2v) is 15.4. The zero-order valence-electron chi connectivity index (χ0n) is 25.2. The molecule has 5 rings (SSSR count). The van der Waals surface area contributed by atoms with E-state index in [1.54, 1.807) is 0 Å². The molecular formula is C33H47N3O3. The number of nitrogens with zero attached hydrogens (tertiary/aromatic N) is 1. The van der Waals surface area contributed by atoms with Gasteiger partial charge >= 0.3 is 6.03 Å². The van der Waals surface area contributed by atoms with Gasteiger partial charge in [0.25, 0.3) is 0 Å². The van der Waals surface area contributed by atoms with Crippen LogP contribution in [0.3, 0.4) is 0 Å². The highest BCUT2D eigenvalue weighted by atomic mass is 16.2. The van der Waals surface area contributed by atoms with Crippen molar-refractivity contribution in [1.82, 2.24) is 10.6 Å².